The van der Waals surface area contributed by atoms with E-state index in [2.05, 4.69) is 19.9 Å². The summed E-state index contributed by atoms with van der Waals surface area (Å²) in [6, 6.07) is 0. The Morgan fingerprint density at radius 3 is 2.38 bits per heavy atom. The second kappa shape index (κ2) is 5.05. The monoisotopic (exact) mass is 184 g/mol. The topological polar surface area (TPSA) is 37.3 Å². The summed E-state index contributed by atoms with van der Waals surface area (Å²) in [5.41, 5.74) is 0.742. The van der Waals surface area contributed by atoms with E-state index in [9.17, 15) is 4.79 Å². The smallest absolute Gasteiger partial charge is 0.309 e. The van der Waals surface area contributed by atoms with E-state index in [1.54, 1.807) is 13.8 Å². The van der Waals surface area contributed by atoms with E-state index in [4.69, 9.17) is 5.11 Å². The summed E-state index contributed by atoms with van der Waals surface area (Å²) >= 11 is 0. The normalized spacial score (nSPS) is 13.1. The third kappa shape index (κ3) is 4.71. The zero-order chi connectivity index (χ0) is 10.5. The maximum atomic E-state index is 10.7. The van der Waals surface area contributed by atoms with Crippen LogP contribution < -0.4 is 0 Å². The van der Waals surface area contributed by atoms with E-state index in [0.717, 1.165) is 12.8 Å². The van der Waals surface area contributed by atoms with Gasteiger partial charge < -0.3 is 5.11 Å². The Balaban J connectivity index is 3.96. The highest BCUT2D eigenvalue weighted by Gasteiger charge is 2.25. The van der Waals surface area contributed by atoms with Crippen LogP contribution in [-0.2, 0) is 4.79 Å². The maximum Gasteiger partial charge on any atom is 0.309 e. The van der Waals surface area contributed by atoms with Crippen molar-refractivity contribution in [3.63, 3.8) is 0 Å². The van der Waals surface area contributed by atoms with Crippen molar-refractivity contribution in [2.45, 2.75) is 47.0 Å². The maximum absolute atomic E-state index is 10.7. The molecule has 0 spiro atoms. The standard InChI is InChI=1S/C11H20O2/c1-5-9(2)7-6-8-11(3,4)10(12)13/h7H,5-6,8H2,1-4H3,(H,12,13). The predicted octanol–water partition coefficient (Wildman–Crippen LogP) is 3.23. The fourth-order valence-corrected chi connectivity index (χ4v) is 0.931. The molecule has 0 rings (SSSR count). The predicted molar refractivity (Wildman–Crippen MR) is 54.7 cm³/mol. The van der Waals surface area contributed by atoms with Crippen molar-refractivity contribution in [1.82, 2.24) is 0 Å². The molecular formula is C11H20O2. The van der Waals surface area contributed by atoms with E-state index >= 15 is 0 Å². The van der Waals surface area contributed by atoms with Crippen LogP contribution in [0.4, 0.5) is 0 Å². The minimum absolute atomic E-state index is 0.593. The number of hydrogen-bond donors (Lipinski definition) is 1. The average Bonchev–Trinajstić information content (AvgIpc) is 2.03. The van der Waals surface area contributed by atoms with Crippen LogP contribution in [0.25, 0.3) is 0 Å². The minimum Gasteiger partial charge on any atom is -0.481 e. The minimum atomic E-state index is -0.713. The summed E-state index contributed by atoms with van der Waals surface area (Å²) in [6.07, 6.45) is 4.75. The highest BCUT2D eigenvalue weighted by molar-refractivity contribution is 5.73. The lowest BCUT2D eigenvalue weighted by atomic mass is 9.88. The number of carboxylic acids is 1. The van der Waals surface area contributed by atoms with E-state index in [0.29, 0.717) is 6.42 Å². The summed E-state index contributed by atoms with van der Waals surface area (Å²) in [5, 5.41) is 8.84. The van der Waals surface area contributed by atoms with Gasteiger partial charge in [0, 0.05) is 0 Å². The molecule has 0 saturated carbocycles. The number of carboxylic acid groups (broad SMARTS) is 1. The van der Waals surface area contributed by atoms with Gasteiger partial charge in [0.1, 0.15) is 0 Å². The Kier molecular flexibility index (Phi) is 4.74. The molecular weight excluding hydrogens is 164 g/mol. The first-order valence-electron chi connectivity index (χ1n) is 4.79. The molecule has 0 aromatic carbocycles. The fourth-order valence-electron chi connectivity index (χ4n) is 0.931. The van der Waals surface area contributed by atoms with Crippen molar-refractivity contribution < 1.29 is 9.90 Å². The van der Waals surface area contributed by atoms with Crippen LogP contribution in [0.1, 0.15) is 47.0 Å². The zero-order valence-electron chi connectivity index (χ0n) is 9.05. The molecule has 0 atom stereocenters. The number of carbonyl (C=O) groups is 1. The Morgan fingerprint density at radius 1 is 1.46 bits per heavy atom. The lowest BCUT2D eigenvalue weighted by Crippen LogP contribution is -2.23. The van der Waals surface area contributed by atoms with Crippen LogP contribution in [0, 0.1) is 5.41 Å². The van der Waals surface area contributed by atoms with Crippen molar-refractivity contribution in [1.29, 1.82) is 0 Å². The molecule has 1 N–H and O–H groups in total. The lowest BCUT2D eigenvalue weighted by Gasteiger charge is -2.17. The highest BCUT2D eigenvalue weighted by Crippen LogP contribution is 2.23. The number of hydrogen-bond acceptors (Lipinski definition) is 1. The number of allylic oxidation sites excluding steroid dienone is 2. The molecule has 0 heterocycles. The molecule has 0 unspecified atom stereocenters. The van der Waals surface area contributed by atoms with Gasteiger partial charge in [-0.3, -0.25) is 4.79 Å². The SMILES string of the molecule is CCC(C)=CCCC(C)(C)C(=O)O. The summed E-state index contributed by atoms with van der Waals surface area (Å²) in [7, 11) is 0. The Hall–Kier alpha value is -0.790. The van der Waals surface area contributed by atoms with Crippen molar-refractivity contribution in [2.24, 2.45) is 5.41 Å². The third-order valence-corrected chi connectivity index (χ3v) is 2.40. The molecule has 0 aliphatic carbocycles. The molecule has 0 aliphatic rings. The third-order valence-electron chi connectivity index (χ3n) is 2.40. The van der Waals surface area contributed by atoms with Crippen LogP contribution in [0.5, 0.6) is 0 Å². The Morgan fingerprint density at radius 2 is 2.00 bits per heavy atom. The quantitative estimate of drug-likeness (QED) is 0.666. The van der Waals surface area contributed by atoms with E-state index in [1.807, 2.05) is 0 Å². The molecule has 13 heavy (non-hydrogen) atoms. The zero-order valence-corrected chi connectivity index (χ0v) is 9.05. The van der Waals surface area contributed by atoms with Gasteiger partial charge in [0.15, 0.2) is 0 Å². The number of aliphatic carboxylic acids is 1. The van der Waals surface area contributed by atoms with E-state index < -0.39 is 11.4 Å². The van der Waals surface area contributed by atoms with Gasteiger partial charge in [-0.1, -0.05) is 18.6 Å². The molecule has 0 aliphatic heterocycles. The van der Waals surface area contributed by atoms with Crippen LogP contribution in [0.2, 0.25) is 0 Å². The van der Waals surface area contributed by atoms with Crippen molar-refractivity contribution >= 4 is 5.97 Å². The summed E-state index contributed by atoms with van der Waals surface area (Å²) in [6.45, 7) is 7.72. The highest BCUT2D eigenvalue weighted by atomic mass is 16.4. The molecule has 0 amide bonds. The summed E-state index contributed by atoms with van der Waals surface area (Å²) < 4.78 is 0. The first-order valence-corrected chi connectivity index (χ1v) is 4.79. The van der Waals surface area contributed by atoms with E-state index in [-0.39, 0.29) is 0 Å². The van der Waals surface area contributed by atoms with Gasteiger partial charge in [-0.25, -0.2) is 0 Å². The van der Waals surface area contributed by atoms with Gasteiger partial charge >= 0.3 is 5.97 Å². The molecule has 0 radical (unpaired) electrons. The first-order chi connectivity index (χ1) is 5.90. The Bertz CT molecular complexity index is 202. The van der Waals surface area contributed by atoms with Crippen LogP contribution in [0.3, 0.4) is 0 Å². The van der Waals surface area contributed by atoms with Crippen molar-refractivity contribution in [3.05, 3.63) is 11.6 Å². The van der Waals surface area contributed by atoms with Gasteiger partial charge in [0.25, 0.3) is 0 Å². The van der Waals surface area contributed by atoms with Crippen molar-refractivity contribution in [3.8, 4) is 0 Å². The van der Waals surface area contributed by atoms with Gasteiger partial charge in [0.05, 0.1) is 5.41 Å². The second-order valence-corrected chi connectivity index (χ2v) is 4.13. The van der Waals surface area contributed by atoms with Crippen LogP contribution in [-0.4, -0.2) is 11.1 Å². The van der Waals surface area contributed by atoms with Crippen molar-refractivity contribution in [2.75, 3.05) is 0 Å². The number of rotatable bonds is 5. The molecule has 2 nitrogen and oxygen atoms in total. The van der Waals surface area contributed by atoms with Gasteiger partial charge in [-0.05, 0) is 40.0 Å². The molecule has 0 aromatic heterocycles. The first kappa shape index (κ1) is 12.2. The second-order valence-electron chi connectivity index (χ2n) is 4.13. The molecule has 0 aromatic rings. The summed E-state index contributed by atoms with van der Waals surface area (Å²) in [5.74, 6) is -0.713. The van der Waals surface area contributed by atoms with Crippen LogP contribution >= 0.6 is 0 Å². The van der Waals surface area contributed by atoms with E-state index in [1.165, 1.54) is 5.57 Å². The summed E-state index contributed by atoms with van der Waals surface area (Å²) in [4.78, 5) is 10.7. The molecule has 0 bridgehead atoms. The van der Waals surface area contributed by atoms with Gasteiger partial charge in [-0.2, -0.15) is 0 Å². The molecule has 76 valence electrons. The van der Waals surface area contributed by atoms with Gasteiger partial charge in [0.2, 0.25) is 0 Å². The molecule has 0 fully saturated rings. The Labute approximate surface area is 80.7 Å². The fraction of sp³-hybridized carbons (Fsp3) is 0.727. The largest absolute Gasteiger partial charge is 0.481 e. The molecule has 0 saturated heterocycles. The molecule has 2 heteroatoms. The van der Waals surface area contributed by atoms with Gasteiger partial charge in [-0.15, -0.1) is 0 Å². The average molecular weight is 184 g/mol. The van der Waals surface area contributed by atoms with Crippen LogP contribution in [0.15, 0.2) is 11.6 Å². The lowest BCUT2D eigenvalue weighted by molar-refractivity contribution is -0.147.